The summed E-state index contributed by atoms with van der Waals surface area (Å²) in [6.07, 6.45) is 3.28. The zero-order valence-electron chi connectivity index (χ0n) is 9.33. The molecule has 3 rings (SSSR count). The Morgan fingerprint density at radius 1 is 1.39 bits per heavy atom. The minimum atomic E-state index is 0.0696. The predicted octanol–water partition coefficient (Wildman–Crippen LogP) is 3.86. The Balaban J connectivity index is 1.80. The maximum atomic E-state index is 12.1. The van der Waals surface area contributed by atoms with Crippen molar-refractivity contribution in [3.8, 4) is 0 Å². The largest absolute Gasteiger partial charge is 0.464 e. The van der Waals surface area contributed by atoms with Crippen LogP contribution in [0.2, 0.25) is 0 Å². The molecule has 0 N–H and O–H groups in total. The molecule has 0 aliphatic carbocycles. The number of hydrogen-bond acceptors (Lipinski definition) is 5. The van der Waals surface area contributed by atoms with Crippen molar-refractivity contribution >= 4 is 39.9 Å². The van der Waals surface area contributed by atoms with Gasteiger partial charge in [0.25, 0.3) is 0 Å². The fraction of sp³-hybridized carbons (Fsp3) is 0.0769. The third-order valence-electron chi connectivity index (χ3n) is 2.52. The minimum Gasteiger partial charge on any atom is -0.464 e. The van der Waals surface area contributed by atoms with Crippen LogP contribution in [-0.2, 0) is 0 Å². The molecule has 0 aliphatic rings. The van der Waals surface area contributed by atoms with Gasteiger partial charge in [0, 0.05) is 17.0 Å². The van der Waals surface area contributed by atoms with E-state index in [1.54, 1.807) is 17.5 Å². The highest BCUT2D eigenvalue weighted by Crippen LogP contribution is 2.25. The third-order valence-corrected chi connectivity index (χ3v) is 4.48. The van der Waals surface area contributed by atoms with E-state index < -0.39 is 0 Å². The fourth-order valence-corrected chi connectivity index (χ4v) is 3.20. The van der Waals surface area contributed by atoms with Crippen molar-refractivity contribution in [2.75, 3.05) is 5.75 Å². The Kier molecular flexibility index (Phi) is 3.17. The summed E-state index contributed by atoms with van der Waals surface area (Å²) in [6.45, 7) is 0. The van der Waals surface area contributed by atoms with E-state index in [0.29, 0.717) is 11.3 Å². The van der Waals surface area contributed by atoms with Gasteiger partial charge >= 0.3 is 0 Å². The lowest BCUT2D eigenvalue weighted by molar-refractivity contribution is 0.102. The molecule has 0 atom stereocenters. The number of carbonyl (C=O) groups is 1. The molecule has 90 valence electrons. The Morgan fingerprint density at radius 3 is 3.11 bits per heavy atom. The van der Waals surface area contributed by atoms with Gasteiger partial charge in [-0.2, -0.15) is 0 Å². The van der Waals surface area contributed by atoms with Gasteiger partial charge in [-0.1, -0.05) is 30.0 Å². The van der Waals surface area contributed by atoms with Gasteiger partial charge in [-0.25, -0.2) is 4.98 Å². The molecule has 0 unspecified atom stereocenters. The molecule has 0 saturated carbocycles. The number of thiazole rings is 1. The molecule has 1 aromatic carbocycles. The van der Waals surface area contributed by atoms with Gasteiger partial charge < -0.3 is 4.42 Å². The van der Waals surface area contributed by atoms with Crippen molar-refractivity contribution in [1.82, 2.24) is 4.98 Å². The topological polar surface area (TPSA) is 43.1 Å². The quantitative estimate of drug-likeness (QED) is 0.535. The van der Waals surface area contributed by atoms with Crippen LogP contribution in [0.5, 0.6) is 0 Å². The van der Waals surface area contributed by atoms with Crippen molar-refractivity contribution in [1.29, 1.82) is 0 Å². The summed E-state index contributed by atoms with van der Waals surface area (Å²) < 4.78 is 6.28. The van der Waals surface area contributed by atoms with Gasteiger partial charge in [0.05, 0.1) is 11.3 Å². The standard InChI is InChI=1S/C13H9NO2S2/c15-11(8-18-13-14-5-6-17-13)10-7-16-12-4-2-1-3-9(10)12/h1-7H,8H2. The number of nitrogens with zero attached hydrogens (tertiary/aromatic N) is 1. The number of thioether (sulfide) groups is 1. The molecule has 2 aromatic heterocycles. The molecule has 0 aliphatic heterocycles. The highest BCUT2D eigenvalue weighted by atomic mass is 32.2. The molecule has 2 heterocycles. The molecule has 0 bridgehead atoms. The van der Waals surface area contributed by atoms with Crippen LogP contribution >= 0.6 is 23.1 Å². The molecule has 0 spiro atoms. The predicted molar refractivity (Wildman–Crippen MR) is 73.4 cm³/mol. The van der Waals surface area contributed by atoms with Gasteiger partial charge in [0.15, 0.2) is 5.78 Å². The molecular weight excluding hydrogens is 266 g/mol. The molecule has 0 radical (unpaired) electrons. The average molecular weight is 275 g/mol. The number of aromatic nitrogens is 1. The van der Waals surface area contributed by atoms with E-state index in [9.17, 15) is 4.79 Å². The van der Waals surface area contributed by atoms with Crippen LogP contribution in [0.15, 0.2) is 50.9 Å². The summed E-state index contributed by atoms with van der Waals surface area (Å²) in [5.74, 6) is 0.456. The van der Waals surface area contributed by atoms with Gasteiger partial charge in [-0.15, -0.1) is 11.3 Å². The smallest absolute Gasteiger partial charge is 0.177 e. The monoisotopic (exact) mass is 275 g/mol. The number of benzene rings is 1. The molecule has 18 heavy (non-hydrogen) atoms. The van der Waals surface area contributed by atoms with Crippen molar-refractivity contribution in [2.45, 2.75) is 4.34 Å². The summed E-state index contributed by atoms with van der Waals surface area (Å²) in [7, 11) is 0. The lowest BCUT2D eigenvalue weighted by Gasteiger charge is -1.96. The van der Waals surface area contributed by atoms with Crippen molar-refractivity contribution in [2.24, 2.45) is 0 Å². The maximum Gasteiger partial charge on any atom is 0.177 e. The highest BCUT2D eigenvalue weighted by Gasteiger charge is 2.13. The van der Waals surface area contributed by atoms with E-state index in [0.717, 1.165) is 15.3 Å². The third kappa shape index (κ3) is 2.19. The van der Waals surface area contributed by atoms with Crippen LogP contribution in [0.25, 0.3) is 11.0 Å². The number of fused-ring (bicyclic) bond motifs is 1. The lowest BCUT2D eigenvalue weighted by Crippen LogP contribution is -2.00. The number of carbonyl (C=O) groups excluding carboxylic acids is 1. The van der Waals surface area contributed by atoms with Gasteiger partial charge in [-0.3, -0.25) is 4.79 Å². The van der Waals surface area contributed by atoms with Crippen LogP contribution in [0.3, 0.4) is 0 Å². The van der Waals surface area contributed by atoms with Crippen LogP contribution in [0.4, 0.5) is 0 Å². The first kappa shape index (κ1) is 11.5. The number of rotatable bonds is 4. The second-order valence-electron chi connectivity index (χ2n) is 3.66. The molecular formula is C13H9NO2S2. The van der Waals surface area contributed by atoms with Crippen molar-refractivity contribution in [3.63, 3.8) is 0 Å². The molecule has 5 heteroatoms. The Labute approximate surface area is 112 Å². The number of furan rings is 1. The van der Waals surface area contributed by atoms with E-state index >= 15 is 0 Å². The highest BCUT2D eigenvalue weighted by molar-refractivity contribution is 8.01. The second kappa shape index (κ2) is 4.96. The first-order valence-corrected chi connectivity index (χ1v) is 7.23. The maximum absolute atomic E-state index is 12.1. The molecule has 3 nitrogen and oxygen atoms in total. The van der Waals surface area contributed by atoms with Gasteiger partial charge in [0.1, 0.15) is 16.2 Å². The summed E-state index contributed by atoms with van der Waals surface area (Å²) in [5.41, 5.74) is 1.40. The van der Waals surface area contributed by atoms with Crippen LogP contribution in [0.1, 0.15) is 10.4 Å². The number of para-hydroxylation sites is 1. The normalized spacial score (nSPS) is 10.9. The Hall–Kier alpha value is -1.59. The van der Waals surface area contributed by atoms with E-state index in [2.05, 4.69) is 4.98 Å². The van der Waals surface area contributed by atoms with E-state index in [4.69, 9.17) is 4.42 Å². The molecule has 0 amide bonds. The number of hydrogen-bond donors (Lipinski definition) is 0. The molecule has 3 aromatic rings. The first-order chi connectivity index (χ1) is 8.84. The SMILES string of the molecule is O=C(CSc1nccs1)c1coc2ccccc12. The average Bonchev–Trinajstić information content (AvgIpc) is 3.05. The summed E-state index contributed by atoms with van der Waals surface area (Å²) in [4.78, 5) is 16.2. The number of Topliss-reactive ketones (excluding diaryl/α,β-unsaturated/α-hetero) is 1. The molecule has 0 fully saturated rings. The summed E-state index contributed by atoms with van der Waals surface area (Å²) in [5, 5.41) is 2.78. The Morgan fingerprint density at radius 2 is 2.28 bits per heavy atom. The van der Waals surface area contributed by atoms with Crippen LogP contribution in [0, 0.1) is 0 Å². The van der Waals surface area contributed by atoms with E-state index in [1.165, 1.54) is 18.0 Å². The van der Waals surface area contributed by atoms with Gasteiger partial charge in [-0.05, 0) is 6.07 Å². The minimum absolute atomic E-state index is 0.0696. The van der Waals surface area contributed by atoms with Crippen molar-refractivity contribution < 1.29 is 9.21 Å². The van der Waals surface area contributed by atoms with E-state index in [1.807, 2.05) is 29.6 Å². The zero-order chi connectivity index (χ0) is 12.4. The van der Waals surface area contributed by atoms with Crippen molar-refractivity contribution in [3.05, 3.63) is 47.7 Å². The Bertz CT molecular complexity index is 673. The molecule has 0 saturated heterocycles. The number of ketones is 1. The first-order valence-electron chi connectivity index (χ1n) is 5.36. The lowest BCUT2D eigenvalue weighted by atomic mass is 10.1. The van der Waals surface area contributed by atoms with E-state index in [-0.39, 0.29) is 5.78 Å². The second-order valence-corrected chi connectivity index (χ2v) is 5.77. The summed E-state index contributed by atoms with van der Waals surface area (Å²) >= 11 is 3.00. The zero-order valence-corrected chi connectivity index (χ0v) is 11.0. The van der Waals surface area contributed by atoms with Crippen LogP contribution < -0.4 is 0 Å². The van der Waals surface area contributed by atoms with Gasteiger partial charge in [0.2, 0.25) is 0 Å². The van der Waals surface area contributed by atoms with Crippen LogP contribution in [-0.4, -0.2) is 16.5 Å². The summed E-state index contributed by atoms with van der Waals surface area (Å²) in [6, 6.07) is 7.56. The fourth-order valence-electron chi connectivity index (χ4n) is 1.68.